The summed E-state index contributed by atoms with van der Waals surface area (Å²) in [5, 5.41) is 9.05. The second kappa shape index (κ2) is 4.57. The highest BCUT2D eigenvalue weighted by atomic mass is 79.9. The van der Waals surface area contributed by atoms with Crippen molar-refractivity contribution in [2.45, 2.75) is 13.8 Å². The van der Waals surface area contributed by atoms with Crippen molar-refractivity contribution in [3.05, 3.63) is 51.5 Å². The fourth-order valence-corrected chi connectivity index (χ4v) is 2.25. The van der Waals surface area contributed by atoms with Crippen molar-refractivity contribution in [1.29, 1.82) is 0 Å². The molecule has 18 heavy (non-hydrogen) atoms. The normalized spacial score (nSPS) is 10.7. The molecule has 1 aromatic heterocycles. The number of aryl methyl sites for hydroxylation is 1. The van der Waals surface area contributed by atoms with Crippen molar-refractivity contribution in [1.82, 2.24) is 4.57 Å². The molecule has 0 bridgehead atoms. The van der Waals surface area contributed by atoms with Crippen LogP contribution in [0.3, 0.4) is 0 Å². The Hall–Kier alpha value is -1.62. The van der Waals surface area contributed by atoms with Crippen molar-refractivity contribution in [3.63, 3.8) is 0 Å². The zero-order chi connectivity index (χ0) is 13.4. The lowest BCUT2D eigenvalue weighted by Gasteiger charge is -2.10. The van der Waals surface area contributed by atoms with E-state index in [-0.39, 0.29) is 11.4 Å². The molecule has 0 amide bonds. The molecule has 94 valence electrons. The summed E-state index contributed by atoms with van der Waals surface area (Å²) in [5.74, 6) is -1.36. The summed E-state index contributed by atoms with van der Waals surface area (Å²) in [6, 6.07) is 6.29. The van der Waals surface area contributed by atoms with Crippen LogP contribution in [0.2, 0.25) is 0 Å². The van der Waals surface area contributed by atoms with Crippen LogP contribution in [-0.4, -0.2) is 15.6 Å². The Morgan fingerprint density at radius 2 is 2.00 bits per heavy atom. The fraction of sp³-hybridized carbons (Fsp3) is 0.154. The first-order valence-electron chi connectivity index (χ1n) is 5.29. The van der Waals surface area contributed by atoms with Crippen LogP contribution >= 0.6 is 15.9 Å². The van der Waals surface area contributed by atoms with E-state index in [9.17, 15) is 9.18 Å². The van der Waals surface area contributed by atoms with Crippen molar-refractivity contribution >= 4 is 21.9 Å². The predicted molar refractivity (Wildman–Crippen MR) is 69.9 cm³/mol. The molecule has 0 saturated carbocycles. The summed E-state index contributed by atoms with van der Waals surface area (Å²) >= 11 is 3.09. The van der Waals surface area contributed by atoms with Gasteiger partial charge in [0, 0.05) is 17.1 Å². The number of nitrogens with zero attached hydrogens (tertiary/aromatic N) is 1. The maximum atomic E-state index is 13.5. The van der Waals surface area contributed by atoms with E-state index >= 15 is 0 Å². The average Bonchev–Trinajstić information content (AvgIpc) is 2.59. The Kier molecular flexibility index (Phi) is 3.26. The van der Waals surface area contributed by atoms with Gasteiger partial charge in [0.2, 0.25) is 0 Å². The fourth-order valence-electron chi connectivity index (χ4n) is 2.00. The van der Waals surface area contributed by atoms with Crippen LogP contribution in [0.25, 0.3) is 5.69 Å². The molecule has 0 spiro atoms. The number of hydrogen-bond donors (Lipinski definition) is 1. The molecule has 0 aliphatic carbocycles. The summed E-state index contributed by atoms with van der Waals surface area (Å²) in [6.45, 7) is 3.50. The van der Waals surface area contributed by atoms with E-state index in [1.54, 1.807) is 36.6 Å². The molecule has 0 saturated heterocycles. The monoisotopic (exact) mass is 311 g/mol. The van der Waals surface area contributed by atoms with Gasteiger partial charge in [0.1, 0.15) is 5.82 Å². The molecule has 2 rings (SSSR count). The van der Waals surface area contributed by atoms with Gasteiger partial charge >= 0.3 is 5.97 Å². The second-order valence-electron chi connectivity index (χ2n) is 4.02. The van der Waals surface area contributed by atoms with Gasteiger partial charge in [-0.2, -0.15) is 0 Å². The van der Waals surface area contributed by atoms with Gasteiger partial charge in [-0.1, -0.05) is 0 Å². The summed E-state index contributed by atoms with van der Waals surface area (Å²) < 4.78 is 15.6. The molecule has 5 heteroatoms. The van der Waals surface area contributed by atoms with Gasteiger partial charge in [0.15, 0.2) is 0 Å². The van der Waals surface area contributed by atoms with Crippen LogP contribution in [0.5, 0.6) is 0 Å². The van der Waals surface area contributed by atoms with E-state index in [0.717, 1.165) is 5.69 Å². The third-order valence-corrected chi connectivity index (χ3v) is 3.47. The largest absolute Gasteiger partial charge is 0.478 e. The topological polar surface area (TPSA) is 42.2 Å². The smallest absolute Gasteiger partial charge is 0.337 e. The highest BCUT2D eigenvalue weighted by Gasteiger charge is 2.16. The minimum absolute atomic E-state index is 0.232. The van der Waals surface area contributed by atoms with Crippen molar-refractivity contribution in [2.75, 3.05) is 0 Å². The number of carboxylic acids is 1. The second-order valence-corrected chi connectivity index (χ2v) is 4.88. The summed E-state index contributed by atoms with van der Waals surface area (Å²) in [6.07, 6.45) is 0. The van der Waals surface area contributed by atoms with Gasteiger partial charge in [-0.05, 0) is 54.0 Å². The molecule has 3 nitrogen and oxygen atoms in total. The Morgan fingerprint density at radius 1 is 1.33 bits per heavy atom. The number of hydrogen-bond acceptors (Lipinski definition) is 1. The van der Waals surface area contributed by atoms with Crippen molar-refractivity contribution in [2.24, 2.45) is 0 Å². The maximum absolute atomic E-state index is 13.5. The van der Waals surface area contributed by atoms with Crippen LogP contribution in [0.1, 0.15) is 21.7 Å². The van der Waals surface area contributed by atoms with E-state index in [1.807, 2.05) is 0 Å². The molecule has 0 aliphatic heterocycles. The van der Waals surface area contributed by atoms with E-state index in [0.29, 0.717) is 15.9 Å². The predicted octanol–water partition coefficient (Wildman–Crippen LogP) is 3.69. The molecular weight excluding hydrogens is 301 g/mol. The van der Waals surface area contributed by atoms with Crippen LogP contribution in [-0.2, 0) is 0 Å². The summed E-state index contributed by atoms with van der Waals surface area (Å²) in [4.78, 5) is 11.0. The van der Waals surface area contributed by atoms with Gasteiger partial charge in [0.05, 0.1) is 10.0 Å². The molecule has 2 aromatic rings. The third kappa shape index (κ3) is 2.06. The molecule has 0 fully saturated rings. The van der Waals surface area contributed by atoms with Crippen LogP contribution < -0.4 is 0 Å². The van der Waals surface area contributed by atoms with Gasteiger partial charge < -0.3 is 9.67 Å². The third-order valence-electron chi connectivity index (χ3n) is 2.82. The first-order chi connectivity index (χ1) is 8.41. The van der Waals surface area contributed by atoms with Gasteiger partial charge in [-0.15, -0.1) is 0 Å². The van der Waals surface area contributed by atoms with E-state index in [2.05, 4.69) is 15.9 Å². The number of aromatic carboxylic acids is 1. The van der Waals surface area contributed by atoms with Crippen LogP contribution in [0.15, 0.2) is 28.7 Å². The molecular formula is C13H11BrFNO2. The summed E-state index contributed by atoms with van der Waals surface area (Å²) in [7, 11) is 0. The van der Waals surface area contributed by atoms with Crippen molar-refractivity contribution in [3.8, 4) is 5.69 Å². The van der Waals surface area contributed by atoms with Gasteiger partial charge in [0.25, 0.3) is 0 Å². The highest BCUT2D eigenvalue weighted by molar-refractivity contribution is 9.10. The average molecular weight is 312 g/mol. The first kappa shape index (κ1) is 12.8. The number of aromatic nitrogens is 1. The Bertz CT molecular complexity index is 634. The highest BCUT2D eigenvalue weighted by Crippen LogP contribution is 2.24. The van der Waals surface area contributed by atoms with Gasteiger partial charge in [-0.3, -0.25) is 0 Å². The molecule has 0 aliphatic rings. The quantitative estimate of drug-likeness (QED) is 0.919. The minimum atomic E-state index is -0.980. The molecule has 1 N–H and O–H groups in total. The minimum Gasteiger partial charge on any atom is -0.478 e. The van der Waals surface area contributed by atoms with E-state index in [1.165, 1.54) is 6.07 Å². The van der Waals surface area contributed by atoms with Crippen LogP contribution in [0, 0.1) is 19.7 Å². The number of carbonyl (C=O) groups is 1. The zero-order valence-corrected chi connectivity index (χ0v) is 11.5. The summed E-state index contributed by atoms with van der Waals surface area (Å²) in [5.41, 5.74) is 2.18. The molecule has 1 aromatic carbocycles. The van der Waals surface area contributed by atoms with Crippen molar-refractivity contribution < 1.29 is 14.3 Å². The number of rotatable bonds is 2. The molecule has 0 unspecified atom stereocenters. The number of benzene rings is 1. The lowest BCUT2D eigenvalue weighted by Crippen LogP contribution is -2.02. The molecule has 0 radical (unpaired) electrons. The molecule has 0 atom stereocenters. The molecule has 1 heterocycles. The first-order valence-corrected chi connectivity index (χ1v) is 6.08. The Morgan fingerprint density at radius 3 is 2.50 bits per heavy atom. The SMILES string of the molecule is Cc1cc(C(=O)O)c(C)n1-c1ccc(Br)c(F)c1. The Balaban J connectivity index is 2.64. The number of carboxylic acid groups (broad SMARTS) is 1. The lowest BCUT2D eigenvalue weighted by atomic mass is 10.2. The zero-order valence-electron chi connectivity index (χ0n) is 9.87. The Labute approximate surface area is 112 Å². The van der Waals surface area contributed by atoms with E-state index in [4.69, 9.17) is 5.11 Å². The van der Waals surface area contributed by atoms with E-state index < -0.39 is 5.97 Å². The maximum Gasteiger partial charge on any atom is 0.337 e. The van der Waals surface area contributed by atoms with Gasteiger partial charge in [-0.25, -0.2) is 9.18 Å². The lowest BCUT2D eigenvalue weighted by molar-refractivity contribution is 0.0696. The standard InChI is InChI=1S/C13H11BrFNO2/c1-7-5-10(13(17)18)8(2)16(7)9-3-4-11(14)12(15)6-9/h3-6H,1-2H3,(H,17,18). The van der Waals surface area contributed by atoms with Crippen LogP contribution in [0.4, 0.5) is 4.39 Å². The number of halogens is 2.